The van der Waals surface area contributed by atoms with E-state index in [0.29, 0.717) is 0 Å². The van der Waals surface area contributed by atoms with E-state index in [-0.39, 0.29) is 10.6 Å². The van der Waals surface area contributed by atoms with Crippen molar-refractivity contribution in [1.29, 1.82) is 0 Å². The van der Waals surface area contributed by atoms with Crippen LogP contribution in [0.25, 0.3) is 0 Å². The van der Waals surface area contributed by atoms with Gasteiger partial charge in [-0.15, -0.1) is 0 Å². The van der Waals surface area contributed by atoms with Gasteiger partial charge in [-0.3, -0.25) is 0 Å². The average Bonchev–Trinajstić information content (AvgIpc) is 2.29. The number of methoxy groups -OCH3 is 1. The predicted octanol–water partition coefficient (Wildman–Crippen LogP) is 1.05. The molecule has 0 saturated carbocycles. The average molecular weight is 249 g/mol. The molecular formula is C10H10ClFO4. The van der Waals surface area contributed by atoms with Crippen LogP contribution >= 0.6 is 11.6 Å². The minimum absolute atomic E-state index is 0.0526. The molecule has 88 valence electrons. The quantitative estimate of drug-likeness (QED) is 0.785. The number of rotatable bonds is 3. The number of aliphatic hydroxyl groups is 2. The maximum absolute atomic E-state index is 12.9. The Morgan fingerprint density at radius 1 is 1.50 bits per heavy atom. The van der Waals surface area contributed by atoms with Gasteiger partial charge in [0.25, 0.3) is 0 Å². The molecule has 2 N–H and O–H groups in total. The van der Waals surface area contributed by atoms with Crippen molar-refractivity contribution in [2.75, 3.05) is 7.11 Å². The van der Waals surface area contributed by atoms with E-state index < -0.39 is 24.0 Å². The summed E-state index contributed by atoms with van der Waals surface area (Å²) in [7, 11) is 1.06. The molecule has 0 spiro atoms. The van der Waals surface area contributed by atoms with E-state index in [9.17, 15) is 19.4 Å². The molecule has 2 atom stereocenters. The van der Waals surface area contributed by atoms with E-state index >= 15 is 0 Å². The Hall–Kier alpha value is -1.17. The van der Waals surface area contributed by atoms with Crippen LogP contribution in [0.1, 0.15) is 11.7 Å². The van der Waals surface area contributed by atoms with Gasteiger partial charge in [0.2, 0.25) is 0 Å². The summed E-state index contributed by atoms with van der Waals surface area (Å²) < 4.78 is 17.1. The second-order valence-electron chi connectivity index (χ2n) is 3.08. The summed E-state index contributed by atoms with van der Waals surface area (Å²) in [4.78, 5) is 11.0. The zero-order valence-corrected chi connectivity index (χ0v) is 9.11. The third-order valence-electron chi connectivity index (χ3n) is 2.02. The number of carbonyl (C=O) groups excluding carboxylic acids is 1. The lowest BCUT2D eigenvalue weighted by molar-refractivity contribution is -0.156. The molecule has 6 heteroatoms. The van der Waals surface area contributed by atoms with Crippen molar-refractivity contribution in [2.45, 2.75) is 12.2 Å². The highest BCUT2D eigenvalue weighted by atomic mass is 35.5. The number of benzene rings is 1. The number of halogens is 2. The Morgan fingerprint density at radius 2 is 2.12 bits per heavy atom. The molecule has 0 heterocycles. The van der Waals surface area contributed by atoms with Gasteiger partial charge in [0.05, 0.1) is 7.11 Å². The summed E-state index contributed by atoms with van der Waals surface area (Å²) in [5, 5.41) is 19.0. The molecule has 1 aromatic carbocycles. The maximum Gasteiger partial charge on any atom is 0.337 e. The smallest absolute Gasteiger partial charge is 0.337 e. The monoisotopic (exact) mass is 248 g/mol. The van der Waals surface area contributed by atoms with Crippen LogP contribution in [-0.2, 0) is 9.53 Å². The molecule has 16 heavy (non-hydrogen) atoms. The van der Waals surface area contributed by atoms with Gasteiger partial charge in [0.15, 0.2) is 6.10 Å². The largest absolute Gasteiger partial charge is 0.467 e. The van der Waals surface area contributed by atoms with Gasteiger partial charge in [-0.2, -0.15) is 0 Å². The molecule has 0 aliphatic rings. The number of aliphatic hydroxyl groups excluding tert-OH is 2. The SMILES string of the molecule is COC(=O)C(O)C(O)c1cc(F)ccc1Cl. The molecule has 0 aromatic heterocycles. The highest BCUT2D eigenvalue weighted by Crippen LogP contribution is 2.26. The lowest BCUT2D eigenvalue weighted by Crippen LogP contribution is -2.29. The molecule has 0 saturated heterocycles. The second kappa shape index (κ2) is 5.25. The Morgan fingerprint density at radius 3 is 2.69 bits per heavy atom. The van der Waals surface area contributed by atoms with E-state index in [1.807, 2.05) is 0 Å². The zero-order valence-electron chi connectivity index (χ0n) is 8.35. The van der Waals surface area contributed by atoms with Crippen LogP contribution in [0.2, 0.25) is 5.02 Å². The van der Waals surface area contributed by atoms with Crippen molar-refractivity contribution in [1.82, 2.24) is 0 Å². The van der Waals surface area contributed by atoms with E-state index in [2.05, 4.69) is 4.74 Å². The standard InChI is InChI=1S/C10H10ClFO4/c1-16-10(15)9(14)8(13)6-4-5(12)2-3-7(6)11/h2-4,8-9,13-14H,1H3. The number of ether oxygens (including phenoxy) is 1. The lowest BCUT2D eigenvalue weighted by atomic mass is 10.0. The van der Waals surface area contributed by atoms with Crippen LogP contribution in [0.4, 0.5) is 4.39 Å². The molecule has 1 rings (SSSR count). The lowest BCUT2D eigenvalue weighted by Gasteiger charge is -2.17. The summed E-state index contributed by atoms with van der Waals surface area (Å²) in [5.74, 6) is -1.65. The number of carbonyl (C=O) groups is 1. The van der Waals surface area contributed by atoms with E-state index in [4.69, 9.17) is 11.6 Å². The summed E-state index contributed by atoms with van der Waals surface area (Å²) in [6.07, 6.45) is -3.43. The third-order valence-corrected chi connectivity index (χ3v) is 2.36. The van der Waals surface area contributed by atoms with Gasteiger partial charge in [-0.25, -0.2) is 9.18 Å². The summed E-state index contributed by atoms with van der Waals surface area (Å²) in [6.45, 7) is 0. The van der Waals surface area contributed by atoms with Crippen LogP contribution in [0.3, 0.4) is 0 Å². The van der Waals surface area contributed by atoms with E-state index in [1.165, 1.54) is 6.07 Å². The summed E-state index contributed by atoms with van der Waals surface area (Å²) in [5.41, 5.74) is -0.0698. The summed E-state index contributed by atoms with van der Waals surface area (Å²) >= 11 is 5.69. The number of hydrogen-bond acceptors (Lipinski definition) is 4. The fourth-order valence-electron chi connectivity index (χ4n) is 1.16. The van der Waals surface area contributed by atoms with Crippen LogP contribution in [0, 0.1) is 5.82 Å². The summed E-state index contributed by atoms with van der Waals surface area (Å²) in [6, 6.07) is 3.27. The molecule has 0 amide bonds. The number of hydrogen-bond donors (Lipinski definition) is 2. The molecule has 0 aliphatic carbocycles. The normalized spacial score (nSPS) is 14.3. The molecule has 0 fully saturated rings. The van der Waals surface area contributed by atoms with Crippen molar-refractivity contribution in [3.05, 3.63) is 34.6 Å². The first-order valence-corrected chi connectivity index (χ1v) is 4.74. The molecular weight excluding hydrogens is 239 g/mol. The van der Waals surface area contributed by atoms with Crippen LogP contribution in [0.5, 0.6) is 0 Å². The molecule has 2 unspecified atom stereocenters. The Bertz CT molecular complexity index is 396. The first kappa shape index (κ1) is 12.9. The van der Waals surface area contributed by atoms with Crippen molar-refractivity contribution in [2.24, 2.45) is 0 Å². The van der Waals surface area contributed by atoms with Crippen molar-refractivity contribution in [3.63, 3.8) is 0 Å². The maximum atomic E-state index is 12.9. The van der Waals surface area contributed by atoms with Gasteiger partial charge >= 0.3 is 5.97 Å². The Labute approximate surface area is 96.2 Å². The molecule has 0 bridgehead atoms. The molecule has 0 radical (unpaired) electrons. The van der Waals surface area contributed by atoms with Crippen LogP contribution in [0.15, 0.2) is 18.2 Å². The van der Waals surface area contributed by atoms with Gasteiger partial charge in [0.1, 0.15) is 11.9 Å². The van der Waals surface area contributed by atoms with Gasteiger partial charge in [-0.1, -0.05) is 11.6 Å². The van der Waals surface area contributed by atoms with Crippen LogP contribution in [-0.4, -0.2) is 29.4 Å². The van der Waals surface area contributed by atoms with Crippen molar-refractivity contribution >= 4 is 17.6 Å². The van der Waals surface area contributed by atoms with Crippen molar-refractivity contribution < 1.29 is 24.1 Å². The van der Waals surface area contributed by atoms with Gasteiger partial charge in [0, 0.05) is 10.6 Å². The first-order valence-electron chi connectivity index (χ1n) is 4.36. The minimum atomic E-state index is -1.80. The zero-order chi connectivity index (χ0) is 12.3. The molecule has 4 nitrogen and oxygen atoms in total. The fourth-order valence-corrected chi connectivity index (χ4v) is 1.39. The Kier molecular flexibility index (Phi) is 4.23. The van der Waals surface area contributed by atoms with E-state index in [1.54, 1.807) is 0 Å². The second-order valence-corrected chi connectivity index (χ2v) is 3.49. The first-order chi connectivity index (χ1) is 7.47. The van der Waals surface area contributed by atoms with Crippen molar-refractivity contribution in [3.8, 4) is 0 Å². The topological polar surface area (TPSA) is 66.8 Å². The molecule has 1 aromatic rings. The minimum Gasteiger partial charge on any atom is -0.467 e. The van der Waals surface area contributed by atoms with Gasteiger partial charge in [-0.05, 0) is 18.2 Å². The van der Waals surface area contributed by atoms with Crippen LogP contribution < -0.4 is 0 Å². The van der Waals surface area contributed by atoms with Gasteiger partial charge < -0.3 is 14.9 Å². The Balaban J connectivity index is 2.99. The fraction of sp³-hybridized carbons (Fsp3) is 0.300. The third kappa shape index (κ3) is 2.69. The predicted molar refractivity (Wildman–Crippen MR) is 54.4 cm³/mol. The highest BCUT2D eigenvalue weighted by Gasteiger charge is 2.28. The van der Waals surface area contributed by atoms with E-state index in [0.717, 1.165) is 19.2 Å². The molecule has 0 aliphatic heterocycles. The number of esters is 1. The highest BCUT2D eigenvalue weighted by molar-refractivity contribution is 6.31.